The smallest absolute Gasteiger partial charge is 0.246 e. The lowest BCUT2D eigenvalue weighted by molar-refractivity contribution is -0.147. The molecule has 0 aliphatic carbocycles. The number of hydrogen-bond donors (Lipinski definition) is 3. The minimum atomic E-state index is -1.08. The number of unbranched alkanes of at least 4 members (excludes halogenated alkanes) is 1. The number of hydrogen-bond acceptors (Lipinski definition) is 5. The van der Waals surface area contributed by atoms with Gasteiger partial charge in [0, 0.05) is 24.4 Å². The molecule has 0 radical (unpaired) electrons. The summed E-state index contributed by atoms with van der Waals surface area (Å²) in [4.78, 5) is 43.6. The number of likely N-dealkylation sites (tertiary alicyclic amines) is 1. The van der Waals surface area contributed by atoms with Crippen molar-refractivity contribution in [2.75, 3.05) is 18.5 Å². The molecule has 210 valence electrons. The van der Waals surface area contributed by atoms with Crippen LogP contribution in [0.25, 0.3) is 0 Å². The number of para-hydroxylation sites is 1. The Labute approximate surface area is 226 Å². The highest BCUT2D eigenvalue weighted by atomic mass is 16.5. The molecule has 3 saturated heterocycles. The Kier molecular flexibility index (Phi) is 7.47. The second kappa shape index (κ2) is 9.94. The van der Waals surface area contributed by atoms with Crippen molar-refractivity contribution in [3.8, 4) is 0 Å². The molecule has 4 rings (SSSR count). The molecule has 1 aromatic carbocycles. The lowest BCUT2D eigenvalue weighted by Gasteiger charge is -2.38. The normalized spacial score (nSPS) is 32.4. The lowest BCUT2D eigenvalue weighted by Crippen LogP contribution is -2.59. The summed E-state index contributed by atoms with van der Waals surface area (Å²) in [6.45, 7) is 14.7. The van der Waals surface area contributed by atoms with Crippen LogP contribution in [0.4, 0.5) is 5.69 Å². The Hall–Kier alpha value is -2.45. The Morgan fingerprint density at radius 2 is 1.76 bits per heavy atom. The predicted octanol–water partition coefficient (Wildman–Crippen LogP) is 3.74. The molecule has 3 fully saturated rings. The molecular formula is C30H45N3O5. The van der Waals surface area contributed by atoms with E-state index in [2.05, 4.69) is 31.4 Å². The Bertz CT molecular complexity index is 1070. The Morgan fingerprint density at radius 3 is 2.37 bits per heavy atom. The zero-order valence-corrected chi connectivity index (χ0v) is 24.0. The quantitative estimate of drug-likeness (QED) is 0.424. The lowest BCUT2D eigenvalue weighted by atomic mass is 9.62. The number of aliphatic hydroxyl groups excluding tert-OH is 1. The monoisotopic (exact) mass is 527 g/mol. The van der Waals surface area contributed by atoms with E-state index in [0.717, 1.165) is 6.42 Å². The minimum absolute atomic E-state index is 0.00512. The first-order valence-corrected chi connectivity index (χ1v) is 13.9. The van der Waals surface area contributed by atoms with E-state index in [9.17, 15) is 19.5 Å². The summed E-state index contributed by atoms with van der Waals surface area (Å²) in [5.74, 6) is -2.19. The fraction of sp³-hybridized carbons (Fsp3) is 0.700. The summed E-state index contributed by atoms with van der Waals surface area (Å²) in [6, 6.07) is 8.38. The average Bonchev–Trinajstić information content (AvgIpc) is 3.29. The number of amides is 3. The van der Waals surface area contributed by atoms with Gasteiger partial charge in [0.25, 0.3) is 0 Å². The van der Waals surface area contributed by atoms with Crippen LogP contribution in [0.5, 0.6) is 0 Å². The van der Waals surface area contributed by atoms with Gasteiger partial charge in [0.1, 0.15) is 11.6 Å². The van der Waals surface area contributed by atoms with Crippen molar-refractivity contribution in [1.29, 1.82) is 0 Å². The number of aliphatic hydroxyl groups is 1. The molecule has 6 atom stereocenters. The fourth-order valence-corrected chi connectivity index (χ4v) is 7.59. The van der Waals surface area contributed by atoms with Crippen molar-refractivity contribution < 1.29 is 24.2 Å². The van der Waals surface area contributed by atoms with E-state index in [-0.39, 0.29) is 35.7 Å². The first-order chi connectivity index (χ1) is 17.7. The van der Waals surface area contributed by atoms with Crippen LogP contribution < -0.4 is 10.6 Å². The van der Waals surface area contributed by atoms with Gasteiger partial charge in [-0.15, -0.1) is 0 Å². The van der Waals surface area contributed by atoms with E-state index in [0.29, 0.717) is 31.5 Å². The third kappa shape index (κ3) is 4.97. The molecule has 3 aliphatic rings. The number of ether oxygens (including phenoxy) is 1. The molecule has 38 heavy (non-hydrogen) atoms. The topological polar surface area (TPSA) is 108 Å². The van der Waals surface area contributed by atoms with E-state index in [1.807, 2.05) is 58.0 Å². The maximum absolute atomic E-state index is 14.1. The molecule has 8 heteroatoms. The third-order valence-corrected chi connectivity index (χ3v) is 8.63. The molecule has 3 amide bonds. The van der Waals surface area contributed by atoms with Gasteiger partial charge >= 0.3 is 0 Å². The third-order valence-electron chi connectivity index (χ3n) is 8.63. The molecular weight excluding hydrogens is 482 g/mol. The first kappa shape index (κ1) is 28.6. The molecule has 2 bridgehead atoms. The second-order valence-electron chi connectivity index (χ2n) is 13.6. The van der Waals surface area contributed by atoms with Crippen LogP contribution >= 0.6 is 0 Å². The predicted molar refractivity (Wildman–Crippen MR) is 146 cm³/mol. The van der Waals surface area contributed by atoms with Gasteiger partial charge < -0.3 is 25.4 Å². The van der Waals surface area contributed by atoms with Crippen LogP contribution in [0.2, 0.25) is 0 Å². The molecule has 3 aliphatic heterocycles. The molecule has 3 N–H and O–H groups in total. The molecule has 3 unspecified atom stereocenters. The zero-order valence-electron chi connectivity index (χ0n) is 24.0. The van der Waals surface area contributed by atoms with E-state index in [4.69, 9.17) is 4.74 Å². The first-order valence-electron chi connectivity index (χ1n) is 13.9. The molecule has 0 aromatic heterocycles. The number of benzene rings is 1. The van der Waals surface area contributed by atoms with Gasteiger partial charge in [0.05, 0.1) is 17.4 Å². The van der Waals surface area contributed by atoms with Gasteiger partial charge in [0.15, 0.2) is 0 Å². The number of nitrogens with zero attached hydrogens (tertiary/aromatic N) is 1. The summed E-state index contributed by atoms with van der Waals surface area (Å²) < 4.78 is 6.78. The van der Waals surface area contributed by atoms with Crippen molar-refractivity contribution in [3.05, 3.63) is 30.3 Å². The number of fused-ring (bicyclic) bond motifs is 1. The summed E-state index contributed by atoms with van der Waals surface area (Å²) in [5.41, 5.74) is -1.79. The Morgan fingerprint density at radius 1 is 1.11 bits per heavy atom. The Balaban J connectivity index is 1.71. The zero-order chi connectivity index (χ0) is 28.1. The van der Waals surface area contributed by atoms with Crippen molar-refractivity contribution >= 4 is 23.4 Å². The average molecular weight is 528 g/mol. The van der Waals surface area contributed by atoms with Crippen LogP contribution in [0, 0.1) is 23.2 Å². The van der Waals surface area contributed by atoms with Crippen LogP contribution in [-0.2, 0) is 19.1 Å². The summed E-state index contributed by atoms with van der Waals surface area (Å²) >= 11 is 0. The van der Waals surface area contributed by atoms with Crippen LogP contribution in [0.15, 0.2) is 30.3 Å². The number of rotatable bonds is 9. The van der Waals surface area contributed by atoms with Crippen LogP contribution in [-0.4, -0.2) is 63.7 Å². The maximum Gasteiger partial charge on any atom is 0.246 e. The summed E-state index contributed by atoms with van der Waals surface area (Å²) in [5, 5.41) is 15.6. The van der Waals surface area contributed by atoms with E-state index < -0.39 is 34.6 Å². The van der Waals surface area contributed by atoms with Gasteiger partial charge in [-0.3, -0.25) is 14.4 Å². The molecule has 3 heterocycles. The van der Waals surface area contributed by atoms with Gasteiger partial charge in [-0.05, 0) is 69.9 Å². The summed E-state index contributed by atoms with van der Waals surface area (Å²) in [7, 11) is 0. The van der Waals surface area contributed by atoms with Crippen molar-refractivity contribution in [2.24, 2.45) is 23.2 Å². The van der Waals surface area contributed by atoms with E-state index in [1.165, 1.54) is 0 Å². The number of anilines is 1. The van der Waals surface area contributed by atoms with Crippen LogP contribution in [0.1, 0.15) is 74.1 Å². The highest BCUT2D eigenvalue weighted by molar-refractivity contribution is 6.02. The molecule has 0 saturated carbocycles. The molecule has 1 spiro atoms. The van der Waals surface area contributed by atoms with Crippen LogP contribution in [0.3, 0.4) is 0 Å². The maximum atomic E-state index is 14.1. The minimum Gasteiger partial charge on any atom is -0.396 e. The SMILES string of the molecule is CC1CC23O[C@]1(C)[C@@H](C(=O)Nc1ccccc1)[C@H]2C(=O)N(CCCCO)C3C(=O)NC(C)(C)CC(C)(C)C. The number of carbonyl (C=O) groups is 3. The second-order valence-corrected chi connectivity index (χ2v) is 13.6. The van der Waals surface area contributed by atoms with Gasteiger partial charge in [0.2, 0.25) is 17.7 Å². The standard InChI is InChI=1S/C30H45N3O5/c1-19-17-30-22(21(29(19,7)38-30)24(35)31-20-13-9-8-10-14-20)26(37)33(15-11-12-16-34)23(30)25(36)32-28(5,6)18-27(2,3)4/h8-10,13-14,19,21-23,34H,11-12,15-18H2,1-7H3,(H,31,35)(H,32,36)/t19?,21-,22+,23?,29+,30?/m1/s1. The largest absolute Gasteiger partial charge is 0.396 e. The van der Waals surface area contributed by atoms with Crippen molar-refractivity contribution in [1.82, 2.24) is 10.2 Å². The van der Waals surface area contributed by atoms with Gasteiger partial charge in [-0.1, -0.05) is 45.9 Å². The molecule has 1 aromatic rings. The number of carbonyl (C=O) groups excluding carboxylic acids is 3. The highest BCUT2D eigenvalue weighted by Crippen LogP contribution is 2.65. The molecule has 8 nitrogen and oxygen atoms in total. The van der Waals surface area contributed by atoms with E-state index in [1.54, 1.807) is 4.90 Å². The van der Waals surface area contributed by atoms with Crippen molar-refractivity contribution in [3.63, 3.8) is 0 Å². The highest BCUT2D eigenvalue weighted by Gasteiger charge is 2.79. The fourth-order valence-electron chi connectivity index (χ4n) is 7.59. The number of nitrogens with one attached hydrogen (secondary N) is 2. The van der Waals surface area contributed by atoms with Crippen molar-refractivity contribution in [2.45, 2.75) is 96.9 Å². The summed E-state index contributed by atoms with van der Waals surface area (Å²) in [6.07, 6.45) is 2.37. The van der Waals surface area contributed by atoms with Gasteiger partial charge in [-0.2, -0.15) is 0 Å². The van der Waals surface area contributed by atoms with E-state index >= 15 is 0 Å². The van der Waals surface area contributed by atoms with Gasteiger partial charge in [-0.25, -0.2) is 0 Å².